The molecule has 0 bridgehead atoms. The molecule has 1 saturated heterocycles. The Morgan fingerprint density at radius 1 is 0.800 bits per heavy atom. The van der Waals surface area contributed by atoms with E-state index in [0.717, 1.165) is 45.6 Å². The number of amides is 1. The lowest BCUT2D eigenvalue weighted by atomic mass is 9.97. The first-order chi connectivity index (χ1) is 28.6. The molecule has 0 N–H and O–H groups in total. The first-order valence-electron chi connectivity index (χ1n) is 17.9. The number of alkyl halides is 1. The SMILES string of the molecule is COC(=O)[C@H]1O[C@@H](Oc2ccc(C(=O)N(C)CCOCCOCCOCCN=[N+]=[N-])cc2OS(=O)(=O)Oc2ccc(CBr)cc2)[C@H](OC(C)=O)[C@@H](OC(C)=O)[C@@H]1OC(C)=O. The molecular weight excluding hydrogens is 888 g/mol. The smallest absolute Gasteiger partial charge is 0.467 e. The highest BCUT2D eigenvalue weighted by Gasteiger charge is 2.56. The topological polar surface area (TPSA) is 273 Å². The van der Waals surface area contributed by atoms with Crippen molar-refractivity contribution in [1.82, 2.24) is 4.90 Å². The minimum atomic E-state index is -4.98. The van der Waals surface area contributed by atoms with Crippen molar-refractivity contribution >= 4 is 56.1 Å². The molecule has 1 fully saturated rings. The normalized spacial score (nSPS) is 18.5. The number of nitrogens with zero attached hydrogens (tertiary/aromatic N) is 4. The van der Waals surface area contributed by atoms with E-state index < -0.39 is 82.4 Å². The lowest BCUT2D eigenvalue weighted by Gasteiger charge is -2.43. The second-order valence-electron chi connectivity index (χ2n) is 12.3. The van der Waals surface area contributed by atoms with Crippen molar-refractivity contribution in [3.05, 3.63) is 64.0 Å². The molecule has 0 radical (unpaired) electrons. The molecule has 1 amide bonds. The maximum absolute atomic E-state index is 13.5. The Morgan fingerprint density at radius 3 is 1.97 bits per heavy atom. The summed E-state index contributed by atoms with van der Waals surface area (Å²) in [7, 11) is -2.51. The van der Waals surface area contributed by atoms with E-state index >= 15 is 0 Å². The summed E-state index contributed by atoms with van der Waals surface area (Å²) in [4.78, 5) is 67.1. The van der Waals surface area contributed by atoms with E-state index in [2.05, 4.69) is 26.0 Å². The van der Waals surface area contributed by atoms with Gasteiger partial charge in [0, 0.05) is 56.7 Å². The summed E-state index contributed by atoms with van der Waals surface area (Å²) < 4.78 is 85.9. The number of azide groups is 1. The van der Waals surface area contributed by atoms with Gasteiger partial charge in [-0.25, -0.2) is 4.79 Å². The summed E-state index contributed by atoms with van der Waals surface area (Å²) >= 11 is 3.30. The van der Waals surface area contributed by atoms with Crippen LogP contribution in [0.2, 0.25) is 0 Å². The summed E-state index contributed by atoms with van der Waals surface area (Å²) in [5.74, 6) is -5.75. The van der Waals surface area contributed by atoms with Gasteiger partial charge in [-0.2, -0.15) is 0 Å². The summed E-state index contributed by atoms with van der Waals surface area (Å²) in [5.41, 5.74) is 8.98. The Hall–Kier alpha value is -5.23. The molecule has 0 spiro atoms. The van der Waals surface area contributed by atoms with Crippen LogP contribution < -0.4 is 13.1 Å². The highest BCUT2D eigenvalue weighted by atomic mass is 79.9. The molecule has 5 atom stereocenters. The average molecular weight is 934 g/mol. The van der Waals surface area contributed by atoms with Gasteiger partial charge in [-0.3, -0.25) is 19.2 Å². The Balaban J connectivity index is 1.90. The Morgan fingerprint density at radius 2 is 1.38 bits per heavy atom. The van der Waals surface area contributed by atoms with Crippen LogP contribution in [0.3, 0.4) is 0 Å². The first-order valence-corrected chi connectivity index (χ1v) is 20.4. The zero-order valence-corrected chi connectivity index (χ0v) is 35.6. The van der Waals surface area contributed by atoms with Crippen molar-refractivity contribution in [1.29, 1.82) is 0 Å². The van der Waals surface area contributed by atoms with Crippen molar-refractivity contribution in [2.75, 3.05) is 66.9 Å². The van der Waals surface area contributed by atoms with Gasteiger partial charge in [0.15, 0.2) is 29.8 Å². The lowest BCUT2D eigenvalue weighted by Crippen LogP contribution is -2.64. The number of ether oxygens (including phenoxy) is 9. The van der Waals surface area contributed by atoms with Gasteiger partial charge in [0.05, 0.1) is 46.8 Å². The fraction of sp³-hybridized carbons (Fsp3) is 0.528. The van der Waals surface area contributed by atoms with Crippen LogP contribution in [0.1, 0.15) is 36.7 Å². The Kier molecular flexibility index (Phi) is 20.3. The summed E-state index contributed by atoms with van der Waals surface area (Å²) in [5, 5.41) is 3.84. The minimum Gasteiger partial charge on any atom is -0.467 e. The fourth-order valence-corrected chi connectivity index (χ4v) is 6.30. The molecule has 1 heterocycles. The standard InChI is InChI=1S/C36H45BrN4O18S/c1-22(42)53-30-31(54-23(2)43)33(55-24(3)44)36(57-32(30)35(46)49-5)56-28-11-8-26(20-29(28)59-60(47,48)58-27-9-6-25(21-37)7-10-27)34(45)41(4)13-15-51-17-19-52-18-16-50-14-12-39-40-38/h6-11,20,30-33,36H,12-19,21H2,1-5H3/t30-,31-,32-,33+,36+/m0/s1. The van der Waals surface area contributed by atoms with Gasteiger partial charge in [0.1, 0.15) is 5.75 Å². The predicted molar refractivity (Wildman–Crippen MR) is 207 cm³/mol. The maximum Gasteiger partial charge on any atom is 0.501 e. The molecule has 3 rings (SSSR count). The monoisotopic (exact) mass is 932 g/mol. The molecule has 60 heavy (non-hydrogen) atoms. The fourth-order valence-electron chi connectivity index (χ4n) is 5.20. The van der Waals surface area contributed by atoms with Crippen molar-refractivity contribution in [3.63, 3.8) is 0 Å². The van der Waals surface area contributed by atoms with Gasteiger partial charge >= 0.3 is 34.3 Å². The Labute approximate surface area is 353 Å². The van der Waals surface area contributed by atoms with Gasteiger partial charge in [-0.1, -0.05) is 33.2 Å². The van der Waals surface area contributed by atoms with E-state index in [1.165, 1.54) is 30.1 Å². The van der Waals surface area contributed by atoms with Crippen LogP contribution in [-0.4, -0.2) is 141 Å². The number of likely N-dealkylation sites (N-methyl/N-ethyl adjacent to an activating group) is 1. The molecule has 330 valence electrons. The van der Waals surface area contributed by atoms with Gasteiger partial charge in [0.2, 0.25) is 12.4 Å². The summed E-state index contributed by atoms with van der Waals surface area (Å²) in [6, 6.07) is 9.37. The second kappa shape index (κ2) is 24.8. The molecule has 0 aliphatic carbocycles. The van der Waals surface area contributed by atoms with Crippen LogP contribution >= 0.6 is 15.9 Å². The van der Waals surface area contributed by atoms with Crippen LogP contribution in [0.5, 0.6) is 17.2 Å². The molecule has 1 aliphatic rings. The quantitative estimate of drug-likeness (QED) is 0.0278. The number of esters is 4. The van der Waals surface area contributed by atoms with E-state index in [-0.39, 0.29) is 57.4 Å². The van der Waals surface area contributed by atoms with Crippen molar-refractivity contribution in [2.45, 2.75) is 56.8 Å². The second-order valence-corrected chi connectivity index (χ2v) is 14.0. The number of carbonyl (C=O) groups excluding carboxylic acids is 5. The number of rotatable bonds is 24. The zero-order valence-electron chi connectivity index (χ0n) is 33.2. The molecule has 0 aromatic heterocycles. The maximum atomic E-state index is 13.5. The van der Waals surface area contributed by atoms with Crippen LogP contribution in [0, 0.1) is 0 Å². The van der Waals surface area contributed by atoms with Crippen LogP contribution in [0.25, 0.3) is 10.4 Å². The number of benzene rings is 2. The number of hydrogen-bond acceptors (Lipinski definition) is 19. The van der Waals surface area contributed by atoms with Crippen LogP contribution in [0.4, 0.5) is 0 Å². The molecule has 2 aromatic carbocycles. The van der Waals surface area contributed by atoms with E-state index in [1.807, 2.05) is 0 Å². The molecule has 1 aliphatic heterocycles. The van der Waals surface area contributed by atoms with E-state index in [1.54, 1.807) is 12.1 Å². The average Bonchev–Trinajstić information content (AvgIpc) is 3.19. The van der Waals surface area contributed by atoms with Gasteiger partial charge in [0.25, 0.3) is 5.91 Å². The van der Waals surface area contributed by atoms with E-state index in [0.29, 0.717) is 11.9 Å². The van der Waals surface area contributed by atoms with Crippen LogP contribution in [0.15, 0.2) is 47.6 Å². The third-order valence-electron chi connectivity index (χ3n) is 7.80. The molecule has 2 aromatic rings. The number of carbonyl (C=O) groups is 5. The number of hydrogen-bond donors (Lipinski definition) is 0. The number of halogens is 1. The highest BCUT2D eigenvalue weighted by Crippen LogP contribution is 2.36. The lowest BCUT2D eigenvalue weighted by molar-refractivity contribution is -0.282. The molecular formula is C36H45BrN4O18S. The predicted octanol–water partition coefficient (Wildman–Crippen LogP) is 2.79. The number of methoxy groups -OCH3 is 1. The third-order valence-corrected chi connectivity index (χ3v) is 9.22. The van der Waals surface area contributed by atoms with Gasteiger partial charge in [-0.15, -0.1) is 8.42 Å². The van der Waals surface area contributed by atoms with Gasteiger partial charge < -0.3 is 55.9 Å². The first kappa shape index (κ1) is 49.1. The third kappa shape index (κ3) is 16.1. The minimum absolute atomic E-state index is 0.0948. The van der Waals surface area contributed by atoms with E-state index in [9.17, 15) is 32.4 Å². The molecule has 0 unspecified atom stereocenters. The summed E-state index contributed by atoms with van der Waals surface area (Å²) in [6.45, 7) is 4.72. The molecule has 24 heteroatoms. The van der Waals surface area contributed by atoms with Crippen molar-refractivity contribution < 1.29 is 83.4 Å². The van der Waals surface area contributed by atoms with E-state index in [4.69, 9.17) is 56.5 Å². The molecule has 22 nitrogen and oxygen atoms in total. The van der Waals surface area contributed by atoms with Crippen molar-refractivity contribution in [3.8, 4) is 17.2 Å². The largest absolute Gasteiger partial charge is 0.501 e. The van der Waals surface area contributed by atoms with Gasteiger partial charge in [-0.05, 0) is 41.4 Å². The zero-order chi connectivity index (χ0) is 44.2. The van der Waals surface area contributed by atoms with Crippen LogP contribution in [-0.2, 0) is 72.8 Å². The summed E-state index contributed by atoms with van der Waals surface area (Å²) in [6.07, 6.45) is -8.93. The highest BCUT2D eigenvalue weighted by molar-refractivity contribution is 9.08. The van der Waals surface area contributed by atoms with Crippen molar-refractivity contribution in [2.24, 2.45) is 5.11 Å². The Bertz CT molecular complexity index is 1930. The molecule has 0 saturated carbocycles.